The highest BCUT2D eigenvalue weighted by Crippen LogP contribution is 2.29. The molecule has 0 heterocycles. The van der Waals surface area contributed by atoms with Crippen LogP contribution < -0.4 is 10.1 Å². The van der Waals surface area contributed by atoms with Crippen molar-refractivity contribution in [2.75, 3.05) is 13.7 Å². The topological polar surface area (TPSA) is 21.3 Å². The fraction of sp³-hybridized carbons (Fsp3) is 0.600. The zero-order valence-corrected chi connectivity index (χ0v) is 11.5. The van der Waals surface area contributed by atoms with Crippen LogP contribution in [0.15, 0.2) is 24.3 Å². The summed E-state index contributed by atoms with van der Waals surface area (Å²) >= 11 is 0. The molecule has 2 unspecified atom stereocenters. The highest BCUT2D eigenvalue weighted by molar-refractivity contribution is 5.36. The van der Waals surface area contributed by atoms with Gasteiger partial charge in [0.2, 0.25) is 0 Å². The van der Waals surface area contributed by atoms with E-state index in [0.717, 1.165) is 12.3 Å². The van der Waals surface area contributed by atoms with Crippen LogP contribution in [-0.2, 0) is 0 Å². The summed E-state index contributed by atoms with van der Waals surface area (Å²) in [7, 11) is 1.74. The molecule has 0 saturated carbocycles. The summed E-state index contributed by atoms with van der Waals surface area (Å²) in [5, 5.41) is 3.58. The molecule has 2 heteroatoms. The number of nitrogens with one attached hydrogen (secondary N) is 1. The lowest BCUT2D eigenvalue weighted by Crippen LogP contribution is -2.33. The minimum atomic E-state index is 0.478. The van der Waals surface area contributed by atoms with Gasteiger partial charge in [-0.05, 0) is 24.6 Å². The summed E-state index contributed by atoms with van der Waals surface area (Å²) in [4.78, 5) is 0. The van der Waals surface area contributed by atoms with E-state index in [-0.39, 0.29) is 0 Å². The van der Waals surface area contributed by atoms with Gasteiger partial charge in [-0.2, -0.15) is 0 Å². The van der Waals surface area contributed by atoms with Crippen LogP contribution in [0.5, 0.6) is 5.75 Å². The van der Waals surface area contributed by atoms with E-state index < -0.39 is 0 Å². The molecule has 0 aliphatic carbocycles. The third-order valence-electron chi connectivity index (χ3n) is 3.30. The minimum absolute atomic E-state index is 0.478. The van der Waals surface area contributed by atoms with E-state index in [1.807, 2.05) is 12.1 Å². The summed E-state index contributed by atoms with van der Waals surface area (Å²) in [6, 6.07) is 8.85. The number of likely N-dealkylation sites (N-methyl/N-ethyl adjacent to an activating group) is 1. The average molecular weight is 235 g/mol. The van der Waals surface area contributed by atoms with Crippen LogP contribution in [0.4, 0.5) is 0 Å². The number of methoxy groups -OCH3 is 1. The Kier molecular flexibility index (Phi) is 6.06. The number of ether oxygens (including phenoxy) is 1. The van der Waals surface area contributed by atoms with Gasteiger partial charge in [0, 0.05) is 12.0 Å². The molecule has 17 heavy (non-hydrogen) atoms. The summed E-state index contributed by atoms with van der Waals surface area (Å²) in [5.74, 6) is 1.48. The number of benzene rings is 1. The highest BCUT2D eigenvalue weighted by atomic mass is 16.5. The molecule has 0 bridgehead atoms. The van der Waals surface area contributed by atoms with Crippen LogP contribution in [0, 0.1) is 0 Å². The molecule has 0 aliphatic rings. The van der Waals surface area contributed by atoms with E-state index in [4.69, 9.17) is 4.74 Å². The Balaban J connectivity index is 2.87. The molecule has 1 aromatic carbocycles. The summed E-state index contributed by atoms with van der Waals surface area (Å²) in [6.07, 6.45) is 2.41. The van der Waals surface area contributed by atoms with Gasteiger partial charge >= 0.3 is 0 Å². The van der Waals surface area contributed by atoms with E-state index >= 15 is 0 Å². The number of hydrogen-bond acceptors (Lipinski definition) is 2. The first-order valence-corrected chi connectivity index (χ1v) is 6.60. The lowest BCUT2D eigenvalue weighted by molar-refractivity contribution is 0.386. The lowest BCUT2D eigenvalue weighted by atomic mass is 9.90. The third-order valence-corrected chi connectivity index (χ3v) is 3.30. The van der Waals surface area contributed by atoms with Crippen molar-refractivity contribution in [1.82, 2.24) is 5.32 Å². The fourth-order valence-electron chi connectivity index (χ4n) is 2.36. The molecule has 0 spiro atoms. The molecule has 96 valence electrons. The molecule has 0 amide bonds. The normalized spacial score (nSPS) is 14.4. The Morgan fingerprint density at radius 1 is 1.24 bits per heavy atom. The zero-order valence-electron chi connectivity index (χ0n) is 11.5. The first-order chi connectivity index (χ1) is 8.24. The van der Waals surface area contributed by atoms with Gasteiger partial charge in [-0.1, -0.05) is 45.4 Å². The Hall–Kier alpha value is -1.02. The van der Waals surface area contributed by atoms with Gasteiger partial charge in [0.25, 0.3) is 0 Å². The summed E-state index contributed by atoms with van der Waals surface area (Å²) in [6.45, 7) is 7.70. The van der Waals surface area contributed by atoms with Crippen molar-refractivity contribution in [3.05, 3.63) is 29.8 Å². The maximum atomic E-state index is 5.45. The van der Waals surface area contributed by atoms with Crippen molar-refractivity contribution in [2.45, 2.75) is 45.6 Å². The van der Waals surface area contributed by atoms with Gasteiger partial charge in [-0.25, -0.2) is 0 Å². The molecule has 0 saturated heterocycles. The molecule has 0 aliphatic heterocycles. The summed E-state index contributed by atoms with van der Waals surface area (Å²) < 4.78 is 5.45. The SMILES string of the molecule is CCCC(NCC)C(C)c1ccccc1OC. The van der Waals surface area contributed by atoms with E-state index in [0.29, 0.717) is 12.0 Å². The van der Waals surface area contributed by atoms with Crippen molar-refractivity contribution < 1.29 is 4.74 Å². The maximum absolute atomic E-state index is 5.45. The monoisotopic (exact) mass is 235 g/mol. The Morgan fingerprint density at radius 2 is 1.94 bits per heavy atom. The van der Waals surface area contributed by atoms with Crippen molar-refractivity contribution in [3.63, 3.8) is 0 Å². The minimum Gasteiger partial charge on any atom is -0.496 e. The third kappa shape index (κ3) is 3.74. The van der Waals surface area contributed by atoms with E-state index in [9.17, 15) is 0 Å². The lowest BCUT2D eigenvalue weighted by Gasteiger charge is -2.26. The van der Waals surface area contributed by atoms with Gasteiger partial charge in [0.05, 0.1) is 7.11 Å². The molecular weight excluding hydrogens is 210 g/mol. The second kappa shape index (κ2) is 7.33. The van der Waals surface area contributed by atoms with Gasteiger partial charge < -0.3 is 10.1 Å². The Morgan fingerprint density at radius 3 is 2.53 bits per heavy atom. The molecular formula is C15H25NO. The summed E-state index contributed by atoms with van der Waals surface area (Å²) in [5.41, 5.74) is 1.30. The van der Waals surface area contributed by atoms with Gasteiger partial charge in [-0.15, -0.1) is 0 Å². The van der Waals surface area contributed by atoms with Gasteiger partial charge in [-0.3, -0.25) is 0 Å². The van der Waals surface area contributed by atoms with Crippen LogP contribution in [-0.4, -0.2) is 19.7 Å². The van der Waals surface area contributed by atoms with Gasteiger partial charge in [0.1, 0.15) is 5.75 Å². The first-order valence-electron chi connectivity index (χ1n) is 6.60. The molecule has 2 nitrogen and oxygen atoms in total. The fourth-order valence-corrected chi connectivity index (χ4v) is 2.36. The zero-order chi connectivity index (χ0) is 12.7. The van der Waals surface area contributed by atoms with Crippen molar-refractivity contribution in [2.24, 2.45) is 0 Å². The van der Waals surface area contributed by atoms with Gasteiger partial charge in [0.15, 0.2) is 0 Å². The smallest absolute Gasteiger partial charge is 0.122 e. The number of hydrogen-bond donors (Lipinski definition) is 1. The second-order valence-electron chi connectivity index (χ2n) is 4.48. The Bertz CT molecular complexity index is 318. The molecule has 2 atom stereocenters. The molecule has 1 rings (SSSR count). The van der Waals surface area contributed by atoms with E-state index in [1.54, 1.807) is 7.11 Å². The quantitative estimate of drug-likeness (QED) is 0.780. The molecule has 1 aromatic rings. The van der Waals surface area contributed by atoms with Crippen molar-refractivity contribution in [1.29, 1.82) is 0 Å². The van der Waals surface area contributed by atoms with E-state index in [1.165, 1.54) is 18.4 Å². The van der Waals surface area contributed by atoms with Crippen LogP contribution >= 0.6 is 0 Å². The van der Waals surface area contributed by atoms with Crippen LogP contribution in [0.25, 0.3) is 0 Å². The Labute approximate surface area is 105 Å². The standard InChI is InChI=1S/C15H25NO/c1-5-9-14(16-6-2)12(3)13-10-7-8-11-15(13)17-4/h7-8,10-12,14,16H,5-6,9H2,1-4H3. The maximum Gasteiger partial charge on any atom is 0.122 e. The van der Waals surface area contributed by atoms with Crippen molar-refractivity contribution in [3.8, 4) is 5.75 Å². The molecule has 0 radical (unpaired) electrons. The van der Waals surface area contributed by atoms with Crippen LogP contribution in [0.1, 0.15) is 45.1 Å². The molecule has 0 fully saturated rings. The number of para-hydroxylation sites is 1. The van der Waals surface area contributed by atoms with Crippen molar-refractivity contribution >= 4 is 0 Å². The molecule has 0 aromatic heterocycles. The largest absolute Gasteiger partial charge is 0.496 e. The number of rotatable bonds is 7. The predicted molar refractivity (Wildman–Crippen MR) is 73.8 cm³/mol. The average Bonchev–Trinajstić information content (AvgIpc) is 2.37. The predicted octanol–water partition coefficient (Wildman–Crippen LogP) is 3.58. The molecule has 1 N–H and O–H groups in total. The highest BCUT2D eigenvalue weighted by Gasteiger charge is 2.19. The first kappa shape index (κ1) is 14.0. The second-order valence-corrected chi connectivity index (χ2v) is 4.48. The van der Waals surface area contributed by atoms with Crippen LogP contribution in [0.3, 0.4) is 0 Å². The van der Waals surface area contributed by atoms with E-state index in [2.05, 4.69) is 38.2 Å². The van der Waals surface area contributed by atoms with Crippen LogP contribution in [0.2, 0.25) is 0 Å².